The van der Waals surface area contributed by atoms with Crippen LogP contribution in [0, 0.1) is 13.8 Å². The maximum atomic E-state index is 5.81. The summed E-state index contributed by atoms with van der Waals surface area (Å²) in [5.41, 5.74) is 9.30. The standard InChI is InChI=1S/C15H20N4/c1-4-5-14-18-13(16)9-15(19-14)17-12-7-6-10(2)8-11(12)3/h6-9H,4-5H2,1-3H3,(H3,16,17,18,19). The van der Waals surface area contributed by atoms with Gasteiger partial charge >= 0.3 is 0 Å². The minimum atomic E-state index is 0.505. The highest BCUT2D eigenvalue weighted by Gasteiger charge is 2.04. The molecule has 19 heavy (non-hydrogen) atoms. The van der Waals surface area contributed by atoms with E-state index in [0.717, 1.165) is 30.2 Å². The fraction of sp³-hybridized carbons (Fsp3) is 0.333. The number of hydrogen-bond donors (Lipinski definition) is 2. The van der Waals surface area contributed by atoms with E-state index >= 15 is 0 Å². The summed E-state index contributed by atoms with van der Waals surface area (Å²) in [5, 5.41) is 3.31. The third-order valence-electron chi connectivity index (χ3n) is 2.91. The lowest BCUT2D eigenvalue weighted by Crippen LogP contribution is -2.04. The summed E-state index contributed by atoms with van der Waals surface area (Å²) in [6, 6.07) is 8.04. The van der Waals surface area contributed by atoms with Gasteiger partial charge in [0, 0.05) is 18.2 Å². The van der Waals surface area contributed by atoms with Crippen molar-refractivity contribution in [1.82, 2.24) is 9.97 Å². The second-order valence-corrected chi connectivity index (χ2v) is 4.79. The highest BCUT2D eigenvalue weighted by atomic mass is 15.1. The van der Waals surface area contributed by atoms with Crippen LogP contribution in [0.4, 0.5) is 17.3 Å². The van der Waals surface area contributed by atoms with Crippen molar-refractivity contribution in [2.24, 2.45) is 0 Å². The number of anilines is 3. The monoisotopic (exact) mass is 256 g/mol. The Balaban J connectivity index is 2.27. The van der Waals surface area contributed by atoms with Gasteiger partial charge in [-0.25, -0.2) is 9.97 Å². The highest BCUT2D eigenvalue weighted by Crippen LogP contribution is 2.21. The molecule has 0 unspecified atom stereocenters. The molecule has 0 atom stereocenters. The predicted molar refractivity (Wildman–Crippen MR) is 79.6 cm³/mol. The van der Waals surface area contributed by atoms with Gasteiger partial charge in [0.05, 0.1) is 0 Å². The Morgan fingerprint density at radius 1 is 1.16 bits per heavy atom. The Kier molecular flexibility index (Phi) is 4.00. The van der Waals surface area contributed by atoms with E-state index in [9.17, 15) is 0 Å². The van der Waals surface area contributed by atoms with Crippen molar-refractivity contribution in [3.05, 3.63) is 41.2 Å². The van der Waals surface area contributed by atoms with Crippen molar-refractivity contribution in [1.29, 1.82) is 0 Å². The van der Waals surface area contributed by atoms with Gasteiger partial charge in [-0.1, -0.05) is 24.6 Å². The fourth-order valence-electron chi connectivity index (χ4n) is 2.01. The van der Waals surface area contributed by atoms with Gasteiger partial charge in [-0.15, -0.1) is 0 Å². The maximum absolute atomic E-state index is 5.81. The highest BCUT2D eigenvalue weighted by molar-refractivity contribution is 5.62. The van der Waals surface area contributed by atoms with E-state index in [1.165, 1.54) is 11.1 Å². The number of rotatable bonds is 4. The minimum Gasteiger partial charge on any atom is -0.384 e. The van der Waals surface area contributed by atoms with Gasteiger partial charge in [-0.2, -0.15) is 0 Å². The number of nitrogens with two attached hydrogens (primary N) is 1. The SMILES string of the molecule is CCCc1nc(N)cc(Nc2ccc(C)cc2C)n1. The van der Waals surface area contributed by atoms with Gasteiger partial charge in [0.1, 0.15) is 17.5 Å². The summed E-state index contributed by atoms with van der Waals surface area (Å²) >= 11 is 0. The summed E-state index contributed by atoms with van der Waals surface area (Å²) in [5.74, 6) is 2.04. The van der Waals surface area contributed by atoms with E-state index in [-0.39, 0.29) is 0 Å². The first-order valence-electron chi connectivity index (χ1n) is 6.56. The van der Waals surface area contributed by atoms with Crippen molar-refractivity contribution in [2.45, 2.75) is 33.6 Å². The first kappa shape index (κ1) is 13.3. The largest absolute Gasteiger partial charge is 0.384 e. The average Bonchev–Trinajstić information content (AvgIpc) is 2.32. The normalized spacial score (nSPS) is 10.5. The lowest BCUT2D eigenvalue weighted by Gasteiger charge is -2.11. The van der Waals surface area contributed by atoms with Gasteiger partial charge in [0.15, 0.2) is 0 Å². The van der Waals surface area contributed by atoms with Gasteiger partial charge in [-0.05, 0) is 31.9 Å². The van der Waals surface area contributed by atoms with Crippen LogP contribution in [-0.2, 0) is 6.42 Å². The molecule has 0 saturated carbocycles. The second-order valence-electron chi connectivity index (χ2n) is 4.79. The molecule has 0 saturated heterocycles. The van der Waals surface area contributed by atoms with E-state index in [1.54, 1.807) is 6.07 Å². The molecule has 1 aromatic heterocycles. The molecule has 2 rings (SSSR count). The molecule has 0 amide bonds. The Hall–Kier alpha value is -2.10. The fourth-order valence-corrected chi connectivity index (χ4v) is 2.01. The molecule has 0 spiro atoms. The molecular formula is C15H20N4. The molecule has 0 aliphatic carbocycles. The lowest BCUT2D eigenvalue weighted by molar-refractivity contribution is 0.839. The van der Waals surface area contributed by atoms with Gasteiger partial charge in [-0.3, -0.25) is 0 Å². The summed E-state index contributed by atoms with van der Waals surface area (Å²) < 4.78 is 0. The van der Waals surface area contributed by atoms with Crippen molar-refractivity contribution >= 4 is 17.3 Å². The number of benzene rings is 1. The number of aromatic nitrogens is 2. The molecule has 1 aromatic carbocycles. The first-order chi connectivity index (χ1) is 9.08. The molecule has 0 aliphatic rings. The maximum Gasteiger partial charge on any atom is 0.136 e. The van der Waals surface area contributed by atoms with Crippen LogP contribution in [0.3, 0.4) is 0 Å². The average molecular weight is 256 g/mol. The van der Waals surface area contributed by atoms with E-state index < -0.39 is 0 Å². The van der Waals surface area contributed by atoms with Crippen molar-refractivity contribution in [3.63, 3.8) is 0 Å². The van der Waals surface area contributed by atoms with Crippen molar-refractivity contribution in [3.8, 4) is 0 Å². The Morgan fingerprint density at radius 3 is 2.63 bits per heavy atom. The molecule has 3 N–H and O–H groups in total. The van der Waals surface area contributed by atoms with Crippen LogP contribution in [0.5, 0.6) is 0 Å². The molecule has 0 radical (unpaired) electrons. The minimum absolute atomic E-state index is 0.505. The number of nitrogens with zero attached hydrogens (tertiary/aromatic N) is 2. The summed E-state index contributed by atoms with van der Waals surface area (Å²) in [6.07, 6.45) is 1.85. The molecule has 0 aliphatic heterocycles. The number of hydrogen-bond acceptors (Lipinski definition) is 4. The zero-order valence-corrected chi connectivity index (χ0v) is 11.7. The predicted octanol–water partition coefficient (Wildman–Crippen LogP) is 3.37. The smallest absolute Gasteiger partial charge is 0.136 e. The topological polar surface area (TPSA) is 63.8 Å². The summed E-state index contributed by atoms with van der Waals surface area (Å²) in [6.45, 7) is 6.26. The molecule has 0 bridgehead atoms. The Bertz CT molecular complexity index is 578. The van der Waals surface area contributed by atoms with Crippen LogP contribution >= 0.6 is 0 Å². The quantitative estimate of drug-likeness (QED) is 0.880. The first-order valence-corrected chi connectivity index (χ1v) is 6.56. The molecule has 2 aromatic rings. The van der Waals surface area contributed by atoms with Gasteiger partial charge in [0.25, 0.3) is 0 Å². The second kappa shape index (κ2) is 5.69. The summed E-state index contributed by atoms with van der Waals surface area (Å²) in [4.78, 5) is 8.71. The van der Waals surface area contributed by atoms with Crippen LogP contribution in [-0.4, -0.2) is 9.97 Å². The molecular weight excluding hydrogens is 236 g/mol. The molecule has 4 heteroatoms. The molecule has 4 nitrogen and oxygen atoms in total. The molecule has 1 heterocycles. The Labute approximate surface area is 114 Å². The number of nitrogen functional groups attached to an aromatic ring is 1. The van der Waals surface area contributed by atoms with Crippen LogP contribution in [0.1, 0.15) is 30.3 Å². The van der Waals surface area contributed by atoms with Gasteiger partial charge in [0.2, 0.25) is 0 Å². The van der Waals surface area contributed by atoms with Crippen LogP contribution in [0.15, 0.2) is 24.3 Å². The van der Waals surface area contributed by atoms with Gasteiger partial charge < -0.3 is 11.1 Å². The van der Waals surface area contributed by atoms with Crippen molar-refractivity contribution in [2.75, 3.05) is 11.1 Å². The number of nitrogens with one attached hydrogen (secondary N) is 1. The molecule has 0 fully saturated rings. The third-order valence-corrected chi connectivity index (χ3v) is 2.91. The van der Waals surface area contributed by atoms with E-state index in [1.807, 2.05) is 0 Å². The van der Waals surface area contributed by atoms with Crippen molar-refractivity contribution < 1.29 is 0 Å². The van der Waals surface area contributed by atoms with Crippen LogP contribution in [0.2, 0.25) is 0 Å². The van der Waals surface area contributed by atoms with E-state index in [0.29, 0.717) is 5.82 Å². The number of aryl methyl sites for hydroxylation is 3. The lowest BCUT2D eigenvalue weighted by atomic mass is 10.1. The zero-order chi connectivity index (χ0) is 13.8. The van der Waals surface area contributed by atoms with E-state index in [2.05, 4.69) is 54.3 Å². The molecule has 100 valence electrons. The third kappa shape index (κ3) is 3.44. The van der Waals surface area contributed by atoms with E-state index in [4.69, 9.17) is 5.73 Å². The van der Waals surface area contributed by atoms with Crippen LogP contribution < -0.4 is 11.1 Å². The Morgan fingerprint density at radius 2 is 1.95 bits per heavy atom. The summed E-state index contributed by atoms with van der Waals surface area (Å²) in [7, 11) is 0. The van der Waals surface area contributed by atoms with Crippen LogP contribution in [0.25, 0.3) is 0 Å². The zero-order valence-electron chi connectivity index (χ0n) is 11.7.